The molecule has 0 aliphatic heterocycles. The van der Waals surface area contributed by atoms with Gasteiger partial charge in [-0.3, -0.25) is 0 Å². The largest absolute Gasteiger partial charge is 0.362 e. The Hall–Kier alpha value is 0.130. The van der Waals surface area contributed by atoms with Crippen LogP contribution in [-0.4, -0.2) is 6.10 Å². The average Bonchev–Trinajstić information content (AvgIpc) is 3.01. The summed E-state index contributed by atoms with van der Waals surface area (Å²) in [5.74, 6) is 4.77. The third kappa shape index (κ3) is 3.66. The van der Waals surface area contributed by atoms with Crippen LogP contribution in [0.4, 0.5) is 0 Å². The molecule has 0 N–H and O–H groups in total. The van der Waals surface area contributed by atoms with Gasteiger partial charge in [0, 0.05) is 9.47 Å². The second kappa shape index (κ2) is 8.34. The van der Waals surface area contributed by atoms with E-state index in [0.717, 1.165) is 29.6 Å². The van der Waals surface area contributed by atoms with Gasteiger partial charge in [-0.2, -0.15) is 0 Å². The monoisotopic (exact) mass is 404 g/mol. The predicted octanol–water partition coefficient (Wildman–Crippen LogP) is 7.96. The van der Waals surface area contributed by atoms with Crippen LogP contribution in [0, 0.1) is 40.4 Å². The molecule has 4 rings (SSSR count). The lowest BCUT2D eigenvalue weighted by molar-refractivity contribution is -0.0485. The van der Waals surface area contributed by atoms with E-state index < -0.39 is 0 Å². The molecule has 8 atom stereocenters. The number of hydrogen-bond donors (Lipinski definition) is 0. The van der Waals surface area contributed by atoms with Gasteiger partial charge in [0.2, 0.25) is 0 Å². The summed E-state index contributed by atoms with van der Waals surface area (Å²) in [4.78, 5) is 0. The molecule has 4 unspecified atom stereocenters. The summed E-state index contributed by atoms with van der Waals surface area (Å²) >= 11 is 0. The van der Waals surface area contributed by atoms with Crippen molar-refractivity contribution in [3.63, 3.8) is 0 Å². The van der Waals surface area contributed by atoms with Gasteiger partial charge in [-0.25, -0.2) is 0 Å². The minimum Gasteiger partial charge on any atom is -0.362 e. The van der Waals surface area contributed by atoms with E-state index in [1.165, 1.54) is 77.0 Å². The third-order valence-corrected chi connectivity index (χ3v) is 10.4. The first-order valence-electron chi connectivity index (χ1n) is 12.4. The van der Waals surface area contributed by atoms with Crippen molar-refractivity contribution in [3.8, 4) is 0 Å². The van der Waals surface area contributed by atoms with Crippen LogP contribution in [0.1, 0.15) is 105 Å². The standard InChI is InChI=1S/C26H45OP/c1-18(2)7-5-6-8-19-10-12-23-22-11-9-20-17-21(27-28)13-15-26(20,4)24(22)14-16-25(19,23)3/h9,18-19,21-24H,5-8,10-17,28H2,1-4H3/t19-,21-,22?,23?,24?,25+,26-/m0/s1. The van der Waals surface area contributed by atoms with Crippen LogP contribution in [0.3, 0.4) is 0 Å². The van der Waals surface area contributed by atoms with Crippen LogP contribution < -0.4 is 0 Å². The SMILES string of the molecule is CC(C)CCCC[C@H]1CCC2C3CC=C4C[C@@H](OP)CC[C@]4(C)C3CC[C@@]21C. The number of unbranched alkanes of at least 4 members (excludes halogenated alkanes) is 1. The van der Waals surface area contributed by atoms with Crippen molar-refractivity contribution in [2.24, 2.45) is 40.4 Å². The number of allylic oxidation sites excluding steroid dienone is 1. The average molecular weight is 405 g/mol. The Morgan fingerprint density at radius 2 is 1.89 bits per heavy atom. The second-order valence-corrected chi connectivity index (χ2v) is 12.0. The van der Waals surface area contributed by atoms with Gasteiger partial charge in [0.05, 0.1) is 6.10 Å². The van der Waals surface area contributed by atoms with Gasteiger partial charge in [-0.05, 0) is 98.2 Å². The van der Waals surface area contributed by atoms with E-state index in [-0.39, 0.29) is 0 Å². The lowest BCUT2D eigenvalue weighted by Crippen LogP contribution is -2.50. The molecule has 0 amide bonds. The lowest BCUT2D eigenvalue weighted by atomic mass is 9.47. The highest BCUT2D eigenvalue weighted by atomic mass is 31.0. The highest BCUT2D eigenvalue weighted by molar-refractivity contribution is 7.09. The summed E-state index contributed by atoms with van der Waals surface area (Å²) in [5.41, 5.74) is 2.86. The molecule has 4 aliphatic rings. The molecule has 0 spiro atoms. The zero-order chi connectivity index (χ0) is 19.9. The van der Waals surface area contributed by atoms with Crippen molar-refractivity contribution < 1.29 is 4.52 Å². The molecule has 0 heterocycles. The zero-order valence-electron chi connectivity index (χ0n) is 19.0. The molecule has 0 radical (unpaired) electrons. The summed E-state index contributed by atoms with van der Waals surface area (Å²) in [6.45, 7) is 10.1. The van der Waals surface area contributed by atoms with Gasteiger partial charge in [-0.1, -0.05) is 58.6 Å². The van der Waals surface area contributed by atoms with E-state index >= 15 is 0 Å². The maximum Gasteiger partial charge on any atom is 0.0648 e. The summed E-state index contributed by atoms with van der Waals surface area (Å²) in [6.07, 6.45) is 20.1. The Morgan fingerprint density at radius 1 is 1.07 bits per heavy atom. The number of rotatable bonds is 6. The minimum atomic E-state index is 0.441. The molecule has 3 saturated carbocycles. The van der Waals surface area contributed by atoms with Crippen molar-refractivity contribution in [3.05, 3.63) is 11.6 Å². The van der Waals surface area contributed by atoms with Gasteiger partial charge in [0.25, 0.3) is 0 Å². The second-order valence-electron chi connectivity index (χ2n) is 11.8. The van der Waals surface area contributed by atoms with Gasteiger partial charge in [0.1, 0.15) is 0 Å². The molecule has 4 aliphatic carbocycles. The van der Waals surface area contributed by atoms with Crippen molar-refractivity contribution in [1.82, 2.24) is 0 Å². The van der Waals surface area contributed by atoms with E-state index in [9.17, 15) is 0 Å². The van der Waals surface area contributed by atoms with E-state index in [0.29, 0.717) is 16.9 Å². The van der Waals surface area contributed by atoms with Crippen molar-refractivity contribution >= 4 is 9.47 Å². The third-order valence-electron chi connectivity index (χ3n) is 10.0. The maximum absolute atomic E-state index is 5.66. The van der Waals surface area contributed by atoms with Crippen molar-refractivity contribution in [2.75, 3.05) is 0 Å². The molecular formula is C26H45OP. The van der Waals surface area contributed by atoms with Gasteiger partial charge in [0.15, 0.2) is 0 Å². The normalized spacial score (nSPS) is 45.4. The van der Waals surface area contributed by atoms with Gasteiger partial charge >= 0.3 is 0 Å². The zero-order valence-corrected chi connectivity index (χ0v) is 20.2. The quantitative estimate of drug-likeness (QED) is 0.248. The minimum absolute atomic E-state index is 0.441. The Kier molecular flexibility index (Phi) is 6.36. The molecule has 0 bridgehead atoms. The first-order chi connectivity index (χ1) is 13.4. The van der Waals surface area contributed by atoms with E-state index in [1.807, 2.05) is 0 Å². The summed E-state index contributed by atoms with van der Waals surface area (Å²) in [7, 11) is 2.51. The molecule has 160 valence electrons. The molecule has 2 heteroatoms. The molecule has 0 aromatic carbocycles. The fourth-order valence-corrected chi connectivity index (χ4v) is 8.50. The van der Waals surface area contributed by atoms with Crippen LogP contribution in [0.2, 0.25) is 0 Å². The van der Waals surface area contributed by atoms with Crippen molar-refractivity contribution in [2.45, 2.75) is 111 Å². The molecule has 3 fully saturated rings. The summed E-state index contributed by atoms with van der Waals surface area (Å²) < 4.78 is 5.66. The van der Waals surface area contributed by atoms with Crippen LogP contribution in [0.5, 0.6) is 0 Å². The van der Waals surface area contributed by atoms with Crippen molar-refractivity contribution in [1.29, 1.82) is 0 Å². The topological polar surface area (TPSA) is 9.23 Å². The number of hydrogen-bond acceptors (Lipinski definition) is 1. The van der Waals surface area contributed by atoms with Crippen LogP contribution in [0.15, 0.2) is 11.6 Å². The first-order valence-corrected chi connectivity index (χ1v) is 12.9. The smallest absolute Gasteiger partial charge is 0.0648 e. The number of fused-ring (bicyclic) bond motifs is 5. The molecule has 0 aromatic rings. The fraction of sp³-hybridized carbons (Fsp3) is 0.923. The Balaban J connectivity index is 1.45. The van der Waals surface area contributed by atoms with E-state index in [4.69, 9.17) is 4.52 Å². The highest BCUT2D eigenvalue weighted by Gasteiger charge is 2.58. The molecule has 28 heavy (non-hydrogen) atoms. The van der Waals surface area contributed by atoms with Crippen LogP contribution >= 0.6 is 9.47 Å². The Bertz CT molecular complexity index is 583. The summed E-state index contributed by atoms with van der Waals surface area (Å²) in [6, 6.07) is 0. The molecule has 0 saturated heterocycles. The van der Waals surface area contributed by atoms with Crippen LogP contribution in [-0.2, 0) is 4.52 Å². The Morgan fingerprint density at radius 3 is 2.64 bits per heavy atom. The van der Waals surface area contributed by atoms with Gasteiger partial charge < -0.3 is 4.52 Å². The van der Waals surface area contributed by atoms with Crippen LogP contribution in [0.25, 0.3) is 0 Å². The first kappa shape index (κ1) is 21.4. The molecule has 0 aromatic heterocycles. The highest BCUT2D eigenvalue weighted by Crippen LogP contribution is 2.66. The fourth-order valence-electron chi connectivity index (χ4n) is 8.27. The van der Waals surface area contributed by atoms with E-state index in [1.54, 1.807) is 5.57 Å². The van der Waals surface area contributed by atoms with E-state index in [2.05, 4.69) is 43.2 Å². The summed E-state index contributed by atoms with van der Waals surface area (Å²) in [5, 5.41) is 0. The lowest BCUT2D eigenvalue weighted by Gasteiger charge is -2.58. The predicted molar refractivity (Wildman–Crippen MR) is 123 cm³/mol. The molecular weight excluding hydrogens is 359 g/mol. The Labute approximate surface area is 177 Å². The molecule has 1 nitrogen and oxygen atoms in total. The maximum atomic E-state index is 5.66. The van der Waals surface area contributed by atoms with Gasteiger partial charge in [-0.15, -0.1) is 0 Å².